The Hall–Kier alpha value is -1.02. The van der Waals surface area contributed by atoms with E-state index < -0.39 is 0 Å². The maximum atomic E-state index is 6.13. The van der Waals surface area contributed by atoms with E-state index in [4.69, 9.17) is 4.74 Å². The number of hydrogen-bond acceptors (Lipinski definition) is 2. The van der Waals surface area contributed by atoms with Crippen LogP contribution >= 0.6 is 0 Å². The average molecular weight is 247 g/mol. The Morgan fingerprint density at radius 1 is 1.22 bits per heavy atom. The smallest absolute Gasteiger partial charge is 0.120 e. The quantitative estimate of drug-likeness (QED) is 0.831. The van der Waals surface area contributed by atoms with Crippen molar-refractivity contribution in [3.8, 4) is 5.75 Å². The van der Waals surface area contributed by atoms with E-state index in [1.165, 1.54) is 24.0 Å². The van der Waals surface area contributed by atoms with Crippen LogP contribution in [0.25, 0.3) is 0 Å². The lowest BCUT2D eigenvalue weighted by molar-refractivity contribution is 0.148. The van der Waals surface area contributed by atoms with Crippen LogP contribution < -0.4 is 10.1 Å². The number of rotatable bonds is 6. The van der Waals surface area contributed by atoms with Crippen molar-refractivity contribution in [1.29, 1.82) is 0 Å². The molecular formula is C16H25NO. The molecule has 0 radical (unpaired) electrons. The van der Waals surface area contributed by atoms with E-state index in [2.05, 4.69) is 51.2 Å². The van der Waals surface area contributed by atoms with Gasteiger partial charge >= 0.3 is 0 Å². The highest BCUT2D eigenvalue weighted by Gasteiger charge is 2.23. The molecule has 18 heavy (non-hydrogen) atoms. The standard InChI is InChI=1S/C16H25NO/c1-11(2)16(10-17-14-6-7-14)18-15-8-5-12(3)13(4)9-15/h5,8-9,11,14,16-17H,6-7,10H2,1-4H3. The summed E-state index contributed by atoms with van der Waals surface area (Å²) in [6.07, 6.45) is 2.91. The van der Waals surface area contributed by atoms with Gasteiger partial charge in [0.05, 0.1) is 0 Å². The fraction of sp³-hybridized carbons (Fsp3) is 0.625. The van der Waals surface area contributed by atoms with Crippen LogP contribution in [0.3, 0.4) is 0 Å². The Morgan fingerprint density at radius 3 is 2.50 bits per heavy atom. The summed E-state index contributed by atoms with van der Waals surface area (Å²) in [5.41, 5.74) is 2.62. The van der Waals surface area contributed by atoms with E-state index in [9.17, 15) is 0 Å². The van der Waals surface area contributed by atoms with Crippen LogP contribution in [0, 0.1) is 19.8 Å². The Kier molecular flexibility index (Phi) is 4.28. The zero-order chi connectivity index (χ0) is 13.1. The minimum Gasteiger partial charge on any atom is -0.489 e. The third kappa shape index (κ3) is 3.74. The van der Waals surface area contributed by atoms with E-state index in [0.717, 1.165) is 18.3 Å². The number of aryl methyl sites for hydroxylation is 2. The molecule has 1 N–H and O–H groups in total. The maximum Gasteiger partial charge on any atom is 0.120 e. The first-order valence-electron chi connectivity index (χ1n) is 7.03. The third-order valence-electron chi connectivity index (χ3n) is 3.69. The number of hydrogen-bond donors (Lipinski definition) is 1. The molecule has 2 rings (SSSR count). The zero-order valence-electron chi connectivity index (χ0n) is 12.0. The van der Waals surface area contributed by atoms with Crippen molar-refractivity contribution in [1.82, 2.24) is 5.32 Å². The monoisotopic (exact) mass is 247 g/mol. The first kappa shape index (κ1) is 13.4. The highest BCUT2D eigenvalue weighted by molar-refractivity contribution is 5.33. The molecule has 0 aromatic heterocycles. The molecule has 0 amide bonds. The Bertz CT molecular complexity index is 396. The summed E-state index contributed by atoms with van der Waals surface area (Å²) in [7, 11) is 0. The largest absolute Gasteiger partial charge is 0.489 e. The molecule has 0 heterocycles. The van der Waals surface area contributed by atoms with E-state index in [1.807, 2.05) is 0 Å². The lowest BCUT2D eigenvalue weighted by Crippen LogP contribution is -2.36. The first-order chi connectivity index (χ1) is 8.56. The normalized spacial score (nSPS) is 16.9. The molecule has 100 valence electrons. The van der Waals surface area contributed by atoms with E-state index >= 15 is 0 Å². The Labute approximate surface area is 111 Å². The fourth-order valence-electron chi connectivity index (χ4n) is 1.95. The molecule has 1 aromatic carbocycles. The summed E-state index contributed by atoms with van der Waals surface area (Å²) in [5.74, 6) is 1.52. The van der Waals surface area contributed by atoms with Crippen molar-refractivity contribution in [2.45, 2.75) is 52.7 Å². The van der Waals surface area contributed by atoms with Crippen LogP contribution in [0.1, 0.15) is 37.8 Å². The first-order valence-corrected chi connectivity index (χ1v) is 7.03. The van der Waals surface area contributed by atoms with Gasteiger partial charge in [-0.15, -0.1) is 0 Å². The summed E-state index contributed by atoms with van der Waals surface area (Å²) >= 11 is 0. The van der Waals surface area contributed by atoms with Crippen molar-refractivity contribution in [3.05, 3.63) is 29.3 Å². The predicted molar refractivity (Wildman–Crippen MR) is 76.2 cm³/mol. The molecule has 0 aliphatic heterocycles. The summed E-state index contributed by atoms with van der Waals surface area (Å²) < 4.78 is 6.13. The van der Waals surface area contributed by atoms with Crippen LogP contribution in [0.2, 0.25) is 0 Å². The van der Waals surface area contributed by atoms with Gasteiger partial charge in [-0.3, -0.25) is 0 Å². The molecular weight excluding hydrogens is 222 g/mol. The van der Waals surface area contributed by atoms with E-state index in [-0.39, 0.29) is 6.10 Å². The molecule has 1 aliphatic carbocycles. The van der Waals surface area contributed by atoms with Crippen LogP contribution in [0.4, 0.5) is 0 Å². The lowest BCUT2D eigenvalue weighted by Gasteiger charge is -2.23. The SMILES string of the molecule is Cc1ccc(OC(CNC2CC2)C(C)C)cc1C. The lowest BCUT2D eigenvalue weighted by atomic mass is 10.1. The molecule has 0 bridgehead atoms. The van der Waals surface area contributed by atoms with Gasteiger partial charge in [-0.1, -0.05) is 19.9 Å². The minimum absolute atomic E-state index is 0.257. The van der Waals surface area contributed by atoms with Gasteiger partial charge < -0.3 is 10.1 Å². The molecule has 2 nitrogen and oxygen atoms in total. The predicted octanol–water partition coefficient (Wildman–Crippen LogP) is 3.46. The third-order valence-corrected chi connectivity index (χ3v) is 3.69. The molecule has 1 atom stereocenters. The molecule has 1 fully saturated rings. The van der Waals surface area contributed by atoms with Crippen LogP contribution in [0.15, 0.2) is 18.2 Å². The molecule has 1 unspecified atom stereocenters. The second-order valence-corrected chi connectivity index (χ2v) is 5.83. The van der Waals surface area contributed by atoms with Crippen molar-refractivity contribution in [3.63, 3.8) is 0 Å². The number of ether oxygens (including phenoxy) is 1. The summed E-state index contributed by atoms with van der Waals surface area (Å²) in [6, 6.07) is 7.10. The van der Waals surface area contributed by atoms with Crippen LogP contribution in [0.5, 0.6) is 5.75 Å². The maximum absolute atomic E-state index is 6.13. The average Bonchev–Trinajstić information content (AvgIpc) is 3.12. The van der Waals surface area contributed by atoms with Crippen LogP contribution in [-0.4, -0.2) is 18.7 Å². The molecule has 2 heteroatoms. The fourth-order valence-corrected chi connectivity index (χ4v) is 1.95. The highest BCUT2D eigenvalue weighted by atomic mass is 16.5. The van der Waals surface area contributed by atoms with Gasteiger partial charge in [0, 0.05) is 12.6 Å². The van der Waals surface area contributed by atoms with Gasteiger partial charge in [-0.25, -0.2) is 0 Å². The van der Waals surface area contributed by atoms with Crippen molar-refractivity contribution >= 4 is 0 Å². The van der Waals surface area contributed by atoms with E-state index in [0.29, 0.717) is 5.92 Å². The number of benzene rings is 1. The Morgan fingerprint density at radius 2 is 1.94 bits per heavy atom. The number of nitrogens with one attached hydrogen (secondary N) is 1. The Balaban J connectivity index is 1.95. The zero-order valence-corrected chi connectivity index (χ0v) is 12.0. The molecule has 1 aliphatic rings. The topological polar surface area (TPSA) is 21.3 Å². The second kappa shape index (κ2) is 5.75. The van der Waals surface area contributed by atoms with Gasteiger partial charge in [0.25, 0.3) is 0 Å². The van der Waals surface area contributed by atoms with Gasteiger partial charge in [-0.2, -0.15) is 0 Å². The molecule has 1 saturated carbocycles. The minimum atomic E-state index is 0.257. The van der Waals surface area contributed by atoms with E-state index in [1.54, 1.807) is 0 Å². The summed E-state index contributed by atoms with van der Waals surface area (Å²) in [4.78, 5) is 0. The van der Waals surface area contributed by atoms with Gasteiger partial charge in [-0.05, 0) is 55.9 Å². The van der Waals surface area contributed by atoms with Gasteiger partial charge in [0.1, 0.15) is 11.9 Å². The highest BCUT2D eigenvalue weighted by Crippen LogP contribution is 2.22. The molecule has 1 aromatic rings. The van der Waals surface area contributed by atoms with Gasteiger partial charge in [0.15, 0.2) is 0 Å². The molecule has 0 spiro atoms. The van der Waals surface area contributed by atoms with Crippen LogP contribution in [-0.2, 0) is 0 Å². The second-order valence-electron chi connectivity index (χ2n) is 5.83. The van der Waals surface area contributed by atoms with Crippen molar-refractivity contribution in [2.75, 3.05) is 6.54 Å². The van der Waals surface area contributed by atoms with Crippen molar-refractivity contribution < 1.29 is 4.74 Å². The molecule has 0 saturated heterocycles. The summed E-state index contributed by atoms with van der Waals surface area (Å²) in [6.45, 7) is 9.67. The van der Waals surface area contributed by atoms with Gasteiger partial charge in [0.2, 0.25) is 0 Å². The summed E-state index contributed by atoms with van der Waals surface area (Å²) in [5, 5.41) is 3.56. The van der Waals surface area contributed by atoms with Crippen molar-refractivity contribution in [2.24, 2.45) is 5.92 Å².